The summed E-state index contributed by atoms with van der Waals surface area (Å²) in [4.78, 5) is 0. The molecular formula is C13H16FN. The summed E-state index contributed by atoms with van der Waals surface area (Å²) in [5, 5.41) is 3.55. The number of rotatable bonds is 2. The average molecular weight is 205 g/mol. The van der Waals surface area contributed by atoms with Gasteiger partial charge in [-0.3, -0.25) is 0 Å². The third kappa shape index (κ3) is 1.39. The van der Waals surface area contributed by atoms with Gasteiger partial charge in [0.05, 0.1) is 0 Å². The number of hydrogen-bond acceptors (Lipinski definition) is 1. The van der Waals surface area contributed by atoms with Crippen LogP contribution in [0.5, 0.6) is 0 Å². The molecule has 1 saturated carbocycles. The minimum atomic E-state index is -0.0428. The number of hydrogen-bond donors (Lipinski definition) is 1. The van der Waals surface area contributed by atoms with Crippen molar-refractivity contribution >= 4 is 0 Å². The highest BCUT2D eigenvalue weighted by molar-refractivity contribution is 5.30. The lowest BCUT2D eigenvalue weighted by molar-refractivity contribution is 0.322. The molecule has 1 aromatic carbocycles. The molecule has 1 saturated heterocycles. The van der Waals surface area contributed by atoms with Gasteiger partial charge >= 0.3 is 0 Å². The molecule has 80 valence electrons. The lowest BCUT2D eigenvalue weighted by Crippen LogP contribution is -2.39. The van der Waals surface area contributed by atoms with Crippen LogP contribution in [-0.2, 0) is 5.54 Å². The lowest BCUT2D eigenvalue weighted by Gasteiger charge is -2.30. The van der Waals surface area contributed by atoms with Gasteiger partial charge in [-0.15, -0.1) is 0 Å². The van der Waals surface area contributed by atoms with E-state index in [4.69, 9.17) is 0 Å². The molecule has 1 aliphatic carbocycles. The van der Waals surface area contributed by atoms with E-state index in [1.54, 1.807) is 12.1 Å². The molecule has 15 heavy (non-hydrogen) atoms. The Morgan fingerprint density at radius 1 is 1.27 bits per heavy atom. The van der Waals surface area contributed by atoms with Gasteiger partial charge in [0.25, 0.3) is 0 Å². The van der Waals surface area contributed by atoms with Gasteiger partial charge in [-0.1, -0.05) is 18.2 Å². The monoisotopic (exact) mass is 205 g/mol. The van der Waals surface area contributed by atoms with Crippen molar-refractivity contribution in [2.24, 2.45) is 5.92 Å². The van der Waals surface area contributed by atoms with E-state index in [2.05, 4.69) is 5.32 Å². The molecule has 2 aliphatic rings. The van der Waals surface area contributed by atoms with Crippen molar-refractivity contribution in [3.8, 4) is 0 Å². The van der Waals surface area contributed by atoms with Crippen molar-refractivity contribution < 1.29 is 4.39 Å². The summed E-state index contributed by atoms with van der Waals surface area (Å²) >= 11 is 0. The normalized spacial score (nSPS) is 30.7. The van der Waals surface area contributed by atoms with E-state index >= 15 is 0 Å². The fourth-order valence-electron chi connectivity index (χ4n) is 2.96. The van der Waals surface area contributed by atoms with Crippen LogP contribution < -0.4 is 5.32 Å². The van der Waals surface area contributed by atoms with Crippen LogP contribution in [0.3, 0.4) is 0 Å². The zero-order chi connectivity index (χ0) is 10.3. The molecule has 0 bridgehead atoms. The summed E-state index contributed by atoms with van der Waals surface area (Å²) in [5.74, 6) is 0.621. The highest BCUT2D eigenvalue weighted by atomic mass is 19.1. The first-order chi connectivity index (χ1) is 7.33. The van der Waals surface area contributed by atoms with Crippen LogP contribution in [-0.4, -0.2) is 6.54 Å². The van der Waals surface area contributed by atoms with Crippen LogP contribution in [0, 0.1) is 11.7 Å². The van der Waals surface area contributed by atoms with Crippen LogP contribution in [0.15, 0.2) is 24.3 Å². The Hall–Kier alpha value is -0.890. The molecule has 0 aromatic heterocycles. The Morgan fingerprint density at radius 2 is 2.07 bits per heavy atom. The van der Waals surface area contributed by atoms with Gasteiger partial charge in [0, 0.05) is 11.1 Å². The molecule has 1 heterocycles. The van der Waals surface area contributed by atoms with Crippen LogP contribution in [0.4, 0.5) is 4.39 Å². The zero-order valence-electron chi connectivity index (χ0n) is 8.80. The topological polar surface area (TPSA) is 12.0 Å². The van der Waals surface area contributed by atoms with Gasteiger partial charge in [-0.05, 0) is 44.2 Å². The molecule has 2 fully saturated rings. The van der Waals surface area contributed by atoms with Crippen LogP contribution >= 0.6 is 0 Å². The van der Waals surface area contributed by atoms with Crippen molar-refractivity contribution in [2.45, 2.75) is 31.2 Å². The minimum Gasteiger partial charge on any atom is -0.307 e. The van der Waals surface area contributed by atoms with Crippen LogP contribution in [0.2, 0.25) is 0 Å². The predicted molar refractivity (Wildman–Crippen MR) is 58.0 cm³/mol. The van der Waals surface area contributed by atoms with Gasteiger partial charge in [0.15, 0.2) is 0 Å². The second kappa shape index (κ2) is 3.31. The van der Waals surface area contributed by atoms with Crippen molar-refractivity contribution in [3.05, 3.63) is 35.6 Å². The molecule has 0 spiro atoms. The van der Waals surface area contributed by atoms with Crippen molar-refractivity contribution in [1.29, 1.82) is 0 Å². The van der Waals surface area contributed by atoms with Crippen LogP contribution in [0.25, 0.3) is 0 Å². The standard InChI is InChI=1S/C13H16FN/c14-12-5-2-1-4-11(12)13(10-6-7-10)8-3-9-15-13/h1-2,4-5,10,15H,3,6-9H2. The molecule has 1 nitrogen and oxygen atoms in total. The zero-order valence-corrected chi connectivity index (χ0v) is 8.80. The Labute approximate surface area is 89.7 Å². The first-order valence-corrected chi connectivity index (χ1v) is 5.83. The van der Waals surface area contributed by atoms with E-state index in [-0.39, 0.29) is 11.4 Å². The average Bonchev–Trinajstić information content (AvgIpc) is 3.00. The molecule has 3 rings (SSSR count). The summed E-state index contributed by atoms with van der Waals surface area (Å²) in [7, 11) is 0. The fourth-order valence-corrected chi connectivity index (χ4v) is 2.96. The SMILES string of the molecule is Fc1ccccc1C1(C2CC2)CCCN1. The predicted octanol–water partition coefficient (Wildman–Crippen LogP) is 2.81. The maximum absolute atomic E-state index is 13.8. The summed E-state index contributed by atoms with van der Waals surface area (Å²) in [6.07, 6.45) is 4.77. The van der Waals surface area contributed by atoms with Gasteiger partial charge in [0.2, 0.25) is 0 Å². The van der Waals surface area contributed by atoms with Crippen molar-refractivity contribution in [2.75, 3.05) is 6.54 Å². The molecule has 1 aromatic rings. The first-order valence-electron chi connectivity index (χ1n) is 5.83. The van der Waals surface area contributed by atoms with E-state index in [0.29, 0.717) is 5.92 Å². The Bertz CT molecular complexity index is 365. The molecule has 1 N–H and O–H groups in total. The largest absolute Gasteiger partial charge is 0.307 e. The van der Waals surface area contributed by atoms with Crippen molar-refractivity contribution in [3.63, 3.8) is 0 Å². The maximum atomic E-state index is 13.8. The molecule has 1 atom stereocenters. The second-order valence-electron chi connectivity index (χ2n) is 4.76. The second-order valence-corrected chi connectivity index (χ2v) is 4.76. The summed E-state index contributed by atoms with van der Waals surface area (Å²) in [5.41, 5.74) is 0.857. The summed E-state index contributed by atoms with van der Waals surface area (Å²) in [6.45, 7) is 1.03. The Balaban J connectivity index is 2.05. The molecule has 1 aliphatic heterocycles. The van der Waals surface area contributed by atoms with Crippen LogP contribution in [0.1, 0.15) is 31.2 Å². The minimum absolute atomic E-state index is 0.0364. The Kier molecular flexibility index (Phi) is 2.06. The molecule has 2 heteroatoms. The quantitative estimate of drug-likeness (QED) is 0.782. The lowest BCUT2D eigenvalue weighted by atomic mass is 9.83. The third-order valence-corrected chi connectivity index (χ3v) is 3.82. The highest BCUT2D eigenvalue weighted by Crippen LogP contribution is 2.50. The number of halogens is 1. The van der Waals surface area contributed by atoms with Gasteiger partial charge in [-0.25, -0.2) is 4.39 Å². The third-order valence-electron chi connectivity index (χ3n) is 3.82. The smallest absolute Gasteiger partial charge is 0.128 e. The number of nitrogens with one attached hydrogen (secondary N) is 1. The Morgan fingerprint density at radius 3 is 2.67 bits per heavy atom. The van der Waals surface area contributed by atoms with Gasteiger partial charge in [-0.2, -0.15) is 0 Å². The van der Waals surface area contributed by atoms with E-state index in [1.807, 2.05) is 12.1 Å². The molecule has 1 unspecified atom stereocenters. The van der Waals surface area contributed by atoms with E-state index in [0.717, 1.165) is 18.5 Å². The number of benzene rings is 1. The van der Waals surface area contributed by atoms with Gasteiger partial charge < -0.3 is 5.32 Å². The first kappa shape index (κ1) is 9.34. The molecule has 0 amide bonds. The van der Waals surface area contributed by atoms with E-state index in [1.165, 1.54) is 19.3 Å². The van der Waals surface area contributed by atoms with E-state index in [9.17, 15) is 4.39 Å². The maximum Gasteiger partial charge on any atom is 0.128 e. The van der Waals surface area contributed by atoms with E-state index < -0.39 is 0 Å². The molecular weight excluding hydrogens is 189 g/mol. The summed E-state index contributed by atoms with van der Waals surface area (Å²) < 4.78 is 13.8. The summed E-state index contributed by atoms with van der Waals surface area (Å²) in [6, 6.07) is 7.25. The highest BCUT2D eigenvalue weighted by Gasteiger charge is 2.48. The fraction of sp³-hybridized carbons (Fsp3) is 0.538. The van der Waals surface area contributed by atoms with Gasteiger partial charge in [0.1, 0.15) is 5.82 Å². The molecule has 0 radical (unpaired) electrons. The van der Waals surface area contributed by atoms with Crippen molar-refractivity contribution in [1.82, 2.24) is 5.32 Å².